The second kappa shape index (κ2) is 11.0. The van der Waals surface area contributed by atoms with Crippen LogP contribution in [0.15, 0.2) is 0 Å². The lowest BCUT2D eigenvalue weighted by Crippen LogP contribution is -2.69. The third-order valence-electron chi connectivity index (χ3n) is 9.16. The van der Waals surface area contributed by atoms with Crippen LogP contribution in [0.1, 0.15) is 88.0 Å². The minimum atomic E-state index is -0.379. The third kappa shape index (κ3) is 5.80. The summed E-state index contributed by atoms with van der Waals surface area (Å²) in [7, 11) is 2.20. The van der Waals surface area contributed by atoms with Gasteiger partial charge in [0.05, 0.1) is 26.7 Å². The van der Waals surface area contributed by atoms with Crippen molar-refractivity contribution >= 4 is 6.03 Å². The van der Waals surface area contributed by atoms with Gasteiger partial charge in [0, 0.05) is 28.6 Å². The molecule has 0 aromatic rings. The van der Waals surface area contributed by atoms with Gasteiger partial charge in [-0.25, -0.2) is 4.79 Å². The Kier molecular flexibility index (Phi) is 8.95. The number of fused-ring (bicyclic) bond motifs is 3. The van der Waals surface area contributed by atoms with E-state index in [0.29, 0.717) is 26.7 Å². The summed E-state index contributed by atoms with van der Waals surface area (Å²) in [4.78, 5) is 24.4. The molecule has 4 aliphatic rings. The number of piperidine rings is 1. The van der Waals surface area contributed by atoms with Crippen LogP contribution in [0.3, 0.4) is 0 Å². The predicted octanol–water partition coefficient (Wildman–Crippen LogP) is 3.62. The minimum Gasteiger partial charge on any atom is -0.311 e. The van der Waals surface area contributed by atoms with E-state index in [1.807, 2.05) is 23.6 Å². The lowest BCUT2D eigenvalue weighted by Gasteiger charge is -2.57. The second-order valence-electron chi connectivity index (χ2n) is 13.0. The normalized spacial score (nSPS) is 30.3. The van der Waals surface area contributed by atoms with Crippen molar-refractivity contribution in [3.63, 3.8) is 0 Å². The van der Waals surface area contributed by atoms with Crippen molar-refractivity contribution in [3.8, 4) is 12.3 Å². The lowest BCUT2D eigenvalue weighted by molar-refractivity contribution is -0.239. The van der Waals surface area contributed by atoms with Crippen molar-refractivity contribution in [2.24, 2.45) is 5.41 Å². The Balaban J connectivity index is 0.00000186. The van der Waals surface area contributed by atoms with Crippen LogP contribution in [0.25, 0.3) is 0 Å². The van der Waals surface area contributed by atoms with E-state index in [0.717, 1.165) is 25.7 Å². The number of rotatable bonds is 5. The SMILES string of the molecule is C#CC(C)(C)CC(CC)N1CNC2C3N(O)CN(C4CC(C)(C)N(C)C(C)(C)C4)CN3C(=O)N2C1.CC. The molecule has 0 spiro atoms. The molecule has 4 aliphatic heterocycles. The lowest BCUT2D eigenvalue weighted by atomic mass is 9.77. The number of likely N-dealkylation sites (tertiary alicyclic amines) is 1. The van der Waals surface area contributed by atoms with E-state index >= 15 is 0 Å². The molecule has 0 saturated carbocycles. The summed E-state index contributed by atoms with van der Waals surface area (Å²) < 4.78 is 0. The molecule has 4 saturated heterocycles. The maximum absolute atomic E-state index is 13.6. The fraction of sp³-hybridized carbons (Fsp3) is 0.893. The highest BCUT2D eigenvalue weighted by atomic mass is 16.5. The first kappa shape index (κ1) is 30.1. The number of amides is 2. The van der Waals surface area contributed by atoms with Gasteiger partial charge in [-0.1, -0.05) is 20.8 Å². The van der Waals surface area contributed by atoms with Crippen LogP contribution in [0.2, 0.25) is 0 Å². The van der Waals surface area contributed by atoms with Crippen LogP contribution in [-0.2, 0) is 0 Å². The molecule has 2 N–H and O–H groups in total. The number of urea groups is 1. The molecule has 0 aromatic carbocycles. The molecule has 0 aliphatic carbocycles. The summed E-state index contributed by atoms with van der Waals surface area (Å²) >= 11 is 0. The Hall–Kier alpha value is -1.41. The number of hydrogen-bond acceptors (Lipinski definition) is 7. The average Bonchev–Trinajstić information content (AvgIpc) is 3.13. The number of terminal acetylenes is 1. The largest absolute Gasteiger partial charge is 0.324 e. The molecular formula is C28H53N7O2. The smallest absolute Gasteiger partial charge is 0.311 e. The summed E-state index contributed by atoms with van der Waals surface area (Å²) in [5.41, 5.74) is -0.110. The summed E-state index contributed by atoms with van der Waals surface area (Å²) in [5, 5.41) is 16.1. The molecular weight excluding hydrogens is 466 g/mol. The van der Waals surface area contributed by atoms with Crippen molar-refractivity contribution < 1.29 is 10.0 Å². The van der Waals surface area contributed by atoms with Crippen molar-refractivity contribution in [2.75, 3.05) is 33.7 Å². The summed E-state index contributed by atoms with van der Waals surface area (Å²) in [6.45, 7) is 21.7. The molecule has 3 unspecified atom stereocenters. The second-order valence-corrected chi connectivity index (χ2v) is 13.0. The molecule has 0 bridgehead atoms. The van der Waals surface area contributed by atoms with Crippen LogP contribution in [-0.4, -0.2) is 110 Å². The highest BCUT2D eigenvalue weighted by molar-refractivity contribution is 5.78. The van der Waals surface area contributed by atoms with Crippen molar-refractivity contribution in [2.45, 2.75) is 123 Å². The zero-order valence-electron chi connectivity index (χ0n) is 25.1. The molecule has 3 atom stereocenters. The van der Waals surface area contributed by atoms with Gasteiger partial charge >= 0.3 is 6.03 Å². The Bertz CT molecular complexity index is 836. The Morgan fingerprint density at radius 2 is 1.70 bits per heavy atom. The number of carbonyl (C=O) groups excluding carboxylic acids is 1. The van der Waals surface area contributed by atoms with Crippen LogP contribution in [0.4, 0.5) is 4.79 Å². The number of hydroxylamine groups is 2. The molecule has 212 valence electrons. The van der Waals surface area contributed by atoms with Gasteiger partial charge in [0.2, 0.25) is 0 Å². The maximum atomic E-state index is 13.6. The van der Waals surface area contributed by atoms with Gasteiger partial charge in [0.15, 0.2) is 0 Å². The minimum absolute atomic E-state index is 0.0153. The zero-order chi connectivity index (χ0) is 27.9. The van der Waals surface area contributed by atoms with E-state index in [1.54, 1.807) is 0 Å². The van der Waals surface area contributed by atoms with Gasteiger partial charge in [0.1, 0.15) is 12.3 Å². The number of nitrogens with zero attached hydrogens (tertiary/aromatic N) is 6. The van der Waals surface area contributed by atoms with Crippen LogP contribution >= 0.6 is 0 Å². The van der Waals surface area contributed by atoms with Crippen LogP contribution in [0.5, 0.6) is 0 Å². The molecule has 2 amide bonds. The maximum Gasteiger partial charge on any atom is 0.324 e. The van der Waals surface area contributed by atoms with Crippen molar-refractivity contribution in [1.29, 1.82) is 0 Å². The quantitative estimate of drug-likeness (QED) is 0.538. The number of hydrogen-bond donors (Lipinski definition) is 2. The van der Waals surface area contributed by atoms with E-state index in [1.165, 1.54) is 5.06 Å². The molecule has 4 fully saturated rings. The van der Waals surface area contributed by atoms with Gasteiger partial charge in [-0.05, 0) is 74.3 Å². The molecule has 37 heavy (non-hydrogen) atoms. The number of nitrogens with one attached hydrogen (secondary N) is 1. The van der Waals surface area contributed by atoms with Crippen LogP contribution in [0, 0.1) is 17.8 Å². The van der Waals surface area contributed by atoms with Gasteiger partial charge in [0.25, 0.3) is 0 Å². The summed E-state index contributed by atoms with van der Waals surface area (Å²) in [5.74, 6) is 2.91. The fourth-order valence-corrected chi connectivity index (χ4v) is 6.76. The molecule has 4 heterocycles. The molecule has 0 aromatic heterocycles. The van der Waals surface area contributed by atoms with E-state index < -0.39 is 0 Å². The molecule has 0 radical (unpaired) electrons. The first-order valence-electron chi connectivity index (χ1n) is 14.2. The Morgan fingerprint density at radius 1 is 1.11 bits per heavy atom. The van der Waals surface area contributed by atoms with Crippen molar-refractivity contribution in [3.05, 3.63) is 0 Å². The molecule has 4 rings (SSSR count). The van der Waals surface area contributed by atoms with Gasteiger partial charge < -0.3 is 5.21 Å². The summed E-state index contributed by atoms with van der Waals surface area (Å²) in [6, 6.07) is 0.556. The number of carbonyl (C=O) groups is 1. The Morgan fingerprint density at radius 3 is 2.24 bits per heavy atom. The molecule has 9 nitrogen and oxygen atoms in total. The monoisotopic (exact) mass is 519 g/mol. The third-order valence-corrected chi connectivity index (χ3v) is 9.16. The highest BCUT2D eigenvalue weighted by Crippen LogP contribution is 2.40. The van der Waals surface area contributed by atoms with Crippen molar-refractivity contribution in [1.82, 2.24) is 34.9 Å². The highest BCUT2D eigenvalue weighted by Gasteiger charge is 2.55. The summed E-state index contributed by atoms with van der Waals surface area (Å²) in [6.07, 6.45) is 8.99. The van der Waals surface area contributed by atoms with Crippen LogP contribution < -0.4 is 5.32 Å². The zero-order valence-corrected chi connectivity index (χ0v) is 25.1. The first-order valence-corrected chi connectivity index (χ1v) is 14.2. The van der Waals surface area contributed by atoms with Gasteiger partial charge in [-0.15, -0.1) is 12.3 Å². The van der Waals surface area contributed by atoms with E-state index in [-0.39, 0.29) is 46.9 Å². The topological polar surface area (TPSA) is 68.8 Å². The van der Waals surface area contributed by atoms with E-state index in [2.05, 4.69) is 81.5 Å². The fourth-order valence-electron chi connectivity index (χ4n) is 6.76. The first-order chi connectivity index (χ1) is 17.2. The Labute approximate surface area is 226 Å². The van der Waals surface area contributed by atoms with Gasteiger partial charge in [-0.2, -0.15) is 5.06 Å². The van der Waals surface area contributed by atoms with Gasteiger partial charge in [-0.3, -0.25) is 29.8 Å². The predicted molar refractivity (Wildman–Crippen MR) is 148 cm³/mol. The average molecular weight is 520 g/mol. The standard InChI is InChI=1S/C26H47N7O2.C2H6/c1-10-19(12-24(3,4)11-2)29-15-27-21-22-32(23(34)31(21)16-29)17-30(18-33(22)35)20-13-25(5,6)28(9)26(7,8)14-20;1-2/h2,19-22,27,35H,10,12-18H2,1,3-9H3;1-2H3. The van der Waals surface area contributed by atoms with E-state index in [9.17, 15) is 10.0 Å². The molecule has 9 heteroatoms. The van der Waals surface area contributed by atoms with E-state index in [4.69, 9.17) is 6.42 Å².